The van der Waals surface area contributed by atoms with Crippen molar-refractivity contribution < 1.29 is 23.8 Å². The summed E-state index contributed by atoms with van der Waals surface area (Å²) < 4.78 is 17.4. The molecule has 0 bridgehead atoms. The van der Waals surface area contributed by atoms with Crippen LogP contribution in [0.5, 0.6) is 11.5 Å². The topological polar surface area (TPSA) is 92.7 Å². The quantitative estimate of drug-likeness (QED) is 0.423. The van der Waals surface area contributed by atoms with Crippen molar-refractivity contribution in [2.45, 2.75) is 64.3 Å². The second-order valence-corrected chi connectivity index (χ2v) is 10.9. The van der Waals surface area contributed by atoms with Crippen LogP contribution < -0.4 is 19.7 Å². The number of methoxy groups -OCH3 is 1. The van der Waals surface area contributed by atoms with Crippen LogP contribution in [0.25, 0.3) is 0 Å². The number of rotatable bonds is 9. The van der Waals surface area contributed by atoms with Gasteiger partial charge in [-0.15, -0.1) is 0 Å². The number of benzene rings is 2. The van der Waals surface area contributed by atoms with Gasteiger partial charge in [0, 0.05) is 23.5 Å². The number of thioether (sulfide) groups is 1. The van der Waals surface area contributed by atoms with Crippen LogP contribution in [0.3, 0.4) is 0 Å². The van der Waals surface area contributed by atoms with Crippen LogP contribution in [0.1, 0.15) is 56.6 Å². The smallest absolute Gasteiger partial charge is 0.415 e. The third-order valence-corrected chi connectivity index (χ3v) is 8.13. The summed E-state index contributed by atoms with van der Waals surface area (Å²) in [6.07, 6.45) is 5.94. The lowest BCUT2D eigenvalue weighted by Crippen LogP contribution is -2.37. The van der Waals surface area contributed by atoms with Gasteiger partial charge in [0.2, 0.25) is 0 Å². The van der Waals surface area contributed by atoms with Gasteiger partial charge in [0.15, 0.2) is 17.7 Å². The van der Waals surface area contributed by atoms with Crippen LogP contribution in [0.4, 0.5) is 15.3 Å². The van der Waals surface area contributed by atoms with Gasteiger partial charge >= 0.3 is 11.3 Å². The Bertz CT molecular complexity index is 1190. The molecule has 5 rings (SSSR count). The Labute approximate surface area is 233 Å². The average Bonchev–Trinajstić information content (AvgIpc) is 3.66. The highest BCUT2D eigenvalue weighted by Crippen LogP contribution is 2.34. The van der Waals surface area contributed by atoms with E-state index in [1.165, 1.54) is 29.6 Å². The molecule has 0 radical (unpaired) electrons. The second kappa shape index (κ2) is 12.7. The van der Waals surface area contributed by atoms with Crippen molar-refractivity contribution in [1.29, 1.82) is 0 Å². The molecule has 39 heavy (non-hydrogen) atoms. The minimum absolute atomic E-state index is 0.0957. The number of nitrogens with one attached hydrogen (secondary N) is 1. The highest BCUT2D eigenvalue weighted by atomic mass is 32.2. The summed E-state index contributed by atoms with van der Waals surface area (Å²) in [5, 5.41) is 9.29. The molecule has 2 fully saturated rings. The molecule has 10 heteroatoms. The number of nitrogens with zero attached hydrogens (tertiary/aromatic N) is 3. The van der Waals surface area contributed by atoms with Gasteiger partial charge in [0.1, 0.15) is 0 Å². The minimum atomic E-state index is -0.364. The molecule has 1 unspecified atom stereocenters. The summed E-state index contributed by atoms with van der Waals surface area (Å²) in [6, 6.07) is 13.4. The fourth-order valence-corrected chi connectivity index (χ4v) is 5.84. The molecule has 1 saturated heterocycles. The highest BCUT2D eigenvalue weighted by molar-refractivity contribution is 8.14. The summed E-state index contributed by atoms with van der Waals surface area (Å²) in [5.41, 5.74) is 3.40. The molecule has 1 saturated carbocycles. The zero-order chi connectivity index (χ0) is 27.2. The highest BCUT2D eigenvalue weighted by Gasteiger charge is 2.26. The third-order valence-electron chi connectivity index (χ3n) is 7.25. The van der Waals surface area contributed by atoms with Crippen molar-refractivity contribution in [2.75, 3.05) is 30.9 Å². The van der Waals surface area contributed by atoms with Crippen molar-refractivity contribution in [3.63, 3.8) is 0 Å². The first-order chi connectivity index (χ1) is 19.0. The molecular weight excluding hydrogens is 516 g/mol. The van der Waals surface area contributed by atoms with E-state index in [0.29, 0.717) is 24.6 Å². The van der Waals surface area contributed by atoms with Crippen LogP contribution in [0.2, 0.25) is 0 Å². The van der Waals surface area contributed by atoms with Gasteiger partial charge in [-0.2, -0.15) is 5.10 Å². The van der Waals surface area contributed by atoms with Crippen molar-refractivity contribution in [1.82, 2.24) is 10.3 Å². The van der Waals surface area contributed by atoms with Crippen LogP contribution in [-0.4, -0.2) is 60.3 Å². The Balaban J connectivity index is 1.27. The lowest BCUT2D eigenvalue weighted by Gasteiger charge is -2.25. The van der Waals surface area contributed by atoms with E-state index in [-0.39, 0.29) is 23.7 Å². The van der Waals surface area contributed by atoms with E-state index in [0.717, 1.165) is 60.5 Å². The maximum absolute atomic E-state index is 12.7. The number of amides is 2. The molecule has 2 heterocycles. The summed E-state index contributed by atoms with van der Waals surface area (Å²) in [6.45, 7) is 3.61. The molecule has 2 amide bonds. The molecule has 1 atom stereocenters. The van der Waals surface area contributed by atoms with Crippen molar-refractivity contribution in [3.8, 4) is 11.5 Å². The van der Waals surface area contributed by atoms with E-state index in [2.05, 4.69) is 5.32 Å². The number of ether oxygens (including phenoxy) is 3. The van der Waals surface area contributed by atoms with E-state index in [1.807, 2.05) is 49.4 Å². The first kappa shape index (κ1) is 27.3. The number of anilines is 1. The first-order valence-electron chi connectivity index (χ1n) is 13.7. The summed E-state index contributed by atoms with van der Waals surface area (Å²) >= 11 is 1.24. The Kier molecular flexibility index (Phi) is 8.93. The number of hydrogen-bond donors (Lipinski definition) is 1. The average molecular weight is 553 g/mol. The molecule has 3 aliphatic rings. The van der Waals surface area contributed by atoms with Gasteiger partial charge in [-0.25, -0.2) is 9.80 Å². The van der Waals surface area contributed by atoms with E-state index in [1.54, 1.807) is 12.0 Å². The fourth-order valence-electron chi connectivity index (χ4n) is 5.10. The van der Waals surface area contributed by atoms with E-state index in [9.17, 15) is 9.59 Å². The standard InChI is InChI=1S/C29H36N4O5S/c1-3-32(28(34)38-27-9-6-16-30-27)22-13-10-20(11-14-22)18-33-29(35)39-19-24(31-33)21-12-15-25(36-2)26(17-21)37-23-7-4-5-8-23/h10-15,17,23,27,30H,3-9,16,18-19H2,1-2H3. The molecular formula is C29H36N4O5S. The van der Waals surface area contributed by atoms with Crippen molar-refractivity contribution >= 4 is 34.5 Å². The van der Waals surface area contributed by atoms with Gasteiger partial charge in [0.05, 0.1) is 25.5 Å². The summed E-state index contributed by atoms with van der Waals surface area (Å²) in [5.74, 6) is 1.91. The fraction of sp³-hybridized carbons (Fsp3) is 0.483. The molecule has 208 valence electrons. The Morgan fingerprint density at radius 2 is 1.90 bits per heavy atom. The normalized spacial score (nSPS) is 19.6. The lowest BCUT2D eigenvalue weighted by molar-refractivity contribution is 0.0960. The van der Waals surface area contributed by atoms with E-state index in [4.69, 9.17) is 19.3 Å². The number of carbonyl (C=O) groups excluding carboxylic acids is 2. The molecule has 2 aromatic carbocycles. The summed E-state index contributed by atoms with van der Waals surface area (Å²) in [7, 11) is 1.64. The zero-order valence-corrected chi connectivity index (χ0v) is 23.4. The molecule has 2 aliphatic heterocycles. The van der Waals surface area contributed by atoms with Gasteiger partial charge in [0.25, 0.3) is 0 Å². The number of carbonyl (C=O) groups is 2. The van der Waals surface area contributed by atoms with Gasteiger partial charge in [-0.05, 0) is 87.9 Å². The Hall–Kier alpha value is -3.24. The van der Waals surface area contributed by atoms with E-state index < -0.39 is 0 Å². The molecule has 1 aliphatic carbocycles. The van der Waals surface area contributed by atoms with Crippen molar-refractivity contribution in [2.24, 2.45) is 5.10 Å². The molecule has 0 aromatic heterocycles. The second-order valence-electron chi connectivity index (χ2n) is 9.93. The zero-order valence-electron chi connectivity index (χ0n) is 22.6. The summed E-state index contributed by atoms with van der Waals surface area (Å²) in [4.78, 5) is 27.0. The molecule has 2 aromatic rings. The third kappa shape index (κ3) is 6.67. The van der Waals surface area contributed by atoms with Crippen LogP contribution >= 0.6 is 11.8 Å². The molecule has 1 N–H and O–H groups in total. The van der Waals surface area contributed by atoms with Crippen LogP contribution in [0, 0.1) is 0 Å². The Morgan fingerprint density at radius 1 is 1.10 bits per heavy atom. The number of hydrogen-bond acceptors (Lipinski definition) is 8. The SMILES string of the molecule is CCN(C(=O)OC1CCCN1)c1ccc(CN2N=C(c3ccc(OC)c(OC4CCCC4)c3)CSC2=O)cc1. The lowest BCUT2D eigenvalue weighted by atomic mass is 10.1. The van der Waals surface area contributed by atoms with Gasteiger partial charge < -0.3 is 14.2 Å². The van der Waals surface area contributed by atoms with Crippen molar-refractivity contribution in [3.05, 3.63) is 53.6 Å². The van der Waals surface area contributed by atoms with E-state index >= 15 is 0 Å². The monoisotopic (exact) mass is 552 g/mol. The maximum Gasteiger partial charge on any atom is 0.415 e. The maximum atomic E-state index is 12.7. The molecule has 9 nitrogen and oxygen atoms in total. The minimum Gasteiger partial charge on any atom is -0.493 e. The Morgan fingerprint density at radius 3 is 2.59 bits per heavy atom. The largest absolute Gasteiger partial charge is 0.493 e. The predicted octanol–water partition coefficient (Wildman–Crippen LogP) is 5.76. The van der Waals surface area contributed by atoms with Crippen LogP contribution in [-0.2, 0) is 11.3 Å². The number of hydrazone groups is 1. The van der Waals surface area contributed by atoms with Crippen LogP contribution in [0.15, 0.2) is 47.6 Å². The first-order valence-corrected chi connectivity index (χ1v) is 14.7. The predicted molar refractivity (Wildman–Crippen MR) is 153 cm³/mol. The molecule has 0 spiro atoms. The van der Waals surface area contributed by atoms with Gasteiger partial charge in [-0.1, -0.05) is 23.9 Å². The van der Waals surface area contributed by atoms with Gasteiger partial charge in [-0.3, -0.25) is 15.0 Å².